The van der Waals surface area contributed by atoms with Crippen molar-refractivity contribution in [3.8, 4) is 0 Å². The lowest BCUT2D eigenvalue weighted by molar-refractivity contribution is -0.140. The molecule has 1 N–H and O–H groups in total. The highest BCUT2D eigenvalue weighted by Crippen LogP contribution is 2.33. The molecule has 1 atom stereocenters. The predicted octanol–water partition coefficient (Wildman–Crippen LogP) is 0.766. The molecule has 1 unspecified atom stereocenters. The molecule has 4 nitrogen and oxygen atoms in total. The molecule has 3 fully saturated rings. The van der Waals surface area contributed by atoms with E-state index in [1.165, 1.54) is 12.8 Å². The van der Waals surface area contributed by atoms with E-state index >= 15 is 0 Å². The maximum absolute atomic E-state index is 12.6. The Morgan fingerprint density at radius 3 is 2.35 bits per heavy atom. The number of hydrogen-bond acceptors (Lipinski definition) is 3. The van der Waals surface area contributed by atoms with Crippen molar-refractivity contribution in [3.05, 3.63) is 0 Å². The van der Waals surface area contributed by atoms with Crippen LogP contribution in [0, 0.1) is 5.92 Å². The molecule has 0 spiro atoms. The van der Waals surface area contributed by atoms with E-state index < -0.39 is 0 Å². The Bertz CT molecular complexity index is 279. The third-order valence-electron chi connectivity index (χ3n) is 4.19. The first kappa shape index (κ1) is 11.5. The maximum Gasteiger partial charge on any atom is 0.227 e. The van der Waals surface area contributed by atoms with Crippen molar-refractivity contribution < 1.29 is 9.53 Å². The highest BCUT2D eigenvalue weighted by molar-refractivity contribution is 5.80. The molecule has 0 bridgehead atoms. The second-order valence-electron chi connectivity index (χ2n) is 5.51. The van der Waals surface area contributed by atoms with E-state index in [2.05, 4.69) is 10.2 Å². The summed E-state index contributed by atoms with van der Waals surface area (Å²) in [5, 5.41) is 3.30. The van der Waals surface area contributed by atoms with Gasteiger partial charge in [0.1, 0.15) is 0 Å². The van der Waals surface area contributed by atoms with Gasteiger partial charge in [-0.3, -0.25) is 4.79 Å². The highest BCUT2D eigenvalue weighted by Gasteiger charge is 2.40. The van der Waals surface area contributed by atoms with Crippen molar-refractivity contribution in [1.29, 1.82) is 0 Å². The Balaban J connectivity index is 1.67. The van der Waals surface area contributed by atoms with Crippen molar-refractivity contribution in [1.82, 2.24) is 10.2 Å². The second-order valence-corrected chi connectivity index (χ2v) is 5.51. The van der Waals surface area contributed by atoms with Crippen molar-refractivity contribution in [2.24, 2.45) is 5.92 Å². The van der Waals surface area contributed by atoms with Crippen molar-refractivity contribution in [2.75, 3.05) is 26.3 Å². The Labute approximate surface area is 103 Å². The number of nitrogens with zero attached hydrogens (tertiary/aromatic N) is 1. The molecule has 0 aromatic carbocycles. The number of ether oxygens (including phenoxy) is 1. The molecule has 0 radical (unpaired) electrons. The van der Waals surface area contributed by atoms with E-state index in [1.54, 1.807) is 0 Å². The lowest BCUT2D eigenvalue weighted by atomic mass is 10.0. The fourth-order valence-electron chi connectivity index (χ4n) is 3.05. The average Bonchev–Trinajstić information content (AvgIpc) is 3.04. The van der Waals surface area contributed by atoms with Gasteiger partial charge in [0.05, 0.1) is 5.92 Å². The van der Waals surface area contributed by atoms with E-state index in [1.807, 2.05) is 0 Å². The minimum Gasteiger partial charge on any atom is -0.381 e. The molecule has 3 rings (SSSR count). The van der Waals surface area contributed by atoms with Crippen LogP contribution in [-0.2, 0) is 9.53 Å². The van der Waals surface area contributed by atoms with Gasteiger partial charge in [0.15, 0.2) is 0 Å². The molecular formula is C13H22N2O2. The Kier molecular flexibility index (Phi) is 3.34. The summed E-state index contributed by atoms with van der Waals surface area (Å²) in [6.45, 7) is 3.53. The van der Waals surface area contributed by atoms with Gasteiger partial charge in [-0.2, -0.15) is 0 Å². The first-order chi connectivity index (χ1) is 8.36. The van der Waals surface area contributed by atoms with E-state index in [4.69, 9.17) is 4.74 Å². The SMILES string of the molecule is O=C(C1CCNC1)N(C1CCOCC1)C1CC1. The monoisotopic (exact) mass is 238 g/mol. The molecule has 1 aliphatic carbocycles. The Morgan fingerprint density at radius 2 is 1.76 bits per heavy atom. The quantitative estimate of drug-likeness (QED) is 0.789. The van der Waals surface area contributed by atoms with E-state index in [9.17, 15) is 4.79 Å². The molecule has 0 aromatic heterocycles. The molecule has 1 amide bonds. The summed E-state index contributed by atoms with van der Waals surface area (Å²) in [4.78, 5) is 14.8. The number of nitrogens with one attached hydrogen (secondary N) is 1. The lowest BCUT2D eigenvalue weighted by Gasteiger charge is -2.36. The number of rotatable bonds is 3. The second kappa shape index (κ2) is 4.94. The molecule has 3 aliphatic rings. The molecule has 2 heterocycles. The standard InChI is InChI=1S/C13H22N2O2/c16-13(10-3-6-14-9-10)15(11-1-2-11)12-4-7-17-8-5-12/h10-12,14H,1-9H2. The van der Waals surface area contributed by atoms with Crippen LogP contribution in [0.1, 0.15) is 32.1 Å². The van der Waals surface area contributed by atoms with Gasteiger partial charge in [-0.1, -0.05) is 0 Å². The smallest absolute Gasteiger partial charge is 0.227 e. The van der Waals surface area contributed by atoms with Crippen LogP contribution >= 0.6 is 0 Å². The summed E-state index contributed by atoms with van der Waals surface area (Å²) in [6.07, 6.45) is 5.50. The first-order valence-electron chi connectivity index (χ1n) is 6.97. The predicted molar refractivity (Wildman–Crippen MR) is 64.7 cm³/mol. The summed E-state index contributed by atoms with van der Waals surface area (Å²) in [7, 11) is 0. The normalized spacial score (nSPS) is 30.5. The Hall–Kier alpha value is -0.610. The molecule has 96 valence electrons. The van der Waals surface area contributed by atoms with Crippen molar-refractivity contribution >= 4 is 5.91 Å². The summed E-state index contributed by atoms with van der Waals surface area (Å²) < 4.78 is 5.40. The number of carbonyl (C=O) groups excluding carboxylic acids is 1. The summed E-state index contributed by atoms with van der Waals surface area (Å²) in [5.74, 6) is 0.642. The van der Waals surface area contributed by atoms with Gasteiger partial charge in [-0.15, -0.1) is 0 Å². The first-order valence-corrected chi connectivity index (χ1v) is 6.97. The van der Waals surface area contributed by atoms with Crippen LogP contribution in [0.25, 0.3) is 0 Å². The van der Waals surface area contributed by atoms with E-state index in [0.29, 0.717) is 18.0 Å². The third-order valence-corrected chi connectivity index (χ3v) is 4.19. The van der Waals surface area contributed by atoms with Crippen LogP contribution in [0.4, 0.5) is 0 Å². The van der Waals surface area contributed by atoms with E-state index in [0.717, 1.165) is 45.6 Å². The zero-order valence-electron chi connectivity index (χ0n) is 10.4. The molecule has 17 heavy (non-hydrogen) atoms. The van der Waals surface area contributed by atoms with Gasteiger partial charge < -0.3 is 15.0 Å². The minimum absolute atomic E-state index is 0.235. The zero-order valence-corrected chi connectivity index (χ0v) is 10.4. The molecule has 2 aliphatic heterocycles. The van der Waals surface area contributed by atoms with Crippen LogP contribution < -0.4 is 5.32 Å². The van der Waals surface area contributed by atoms with Crippen LogP contribution in [-0.4, -0.2) is 49.2 Å². The summed E-state index contributed by atoms with van der Waals surface area (Å²) in [6, 6.07) is 0.996. The van der Waals surface area contributed by atoms with Gasteiger partial charge in [-0.25, -0.2) is 0 Å². The lowest BCUT2D eigenvalue weighted by Crippen LogP contribution is -2.47. The fourth-order valence-corrected chi connectivity index (χ4v) is 3.05. The fraction of sp³-hybridized carbons (Fsp3) is 0.923. The van der Waals surface area contributed by atoms with Gasteiger partial charge in [0, 0.05) is 31.8 Å². The molecule has 1 saturated carbocycles. The van der Waals surface area contributed by atoms with Gasteiger partial charge in [-0.05, 0) is 38.6 Å². The Morgan fingerprint density at radius 1 is 1.06 bits per heavy atom. The topological polar surface area (TPSA) is 41.6 Å². The molecule has 0 aromatic rings. The molecule has 4 heteroatoms. The molecular weight excluding hydrogens is 216 g/mol. The van der Waals surface area contributed by atoms with Crippen LogP contribution in [0.2, 0.25) is 0 Å². The third kappa shape index (κ3) is 2.47. The van der Waals surface area contributed by atoms with Gasteiger partial charge in [0.2, 0.25) is 5.91 Å². The van der Waals surface area contributed by atoms with Gasteiger partial charge in [0.25, 0.3) is 0 Å². The van der Waals surface area contributed by atoms with Crippen LogP contribution in [0.3, 0.4) is 0 Å². The number of amides is 1. The average molecular weight is 238 g/mol. The van der Waals surface area contributed by atoms with Gasteiger partial charge >= 0.3 is 0 Å². The maximum atomic E-state index is 12.6. The van der Waals surface area contributed by atoms with E-state index in [-0.39, 0.29) is 5.92 Å². The number of carbonyl (C=O) groups is 1. The molecule has 2 saturated heterocycles. The van der Waals surface area contributed by atoms with Crippen molar-refractivity contribution in [2.45, 2.75) is 44.2 Å². The highest BCUT2D eigenvalue weighted by atomic mass is 16.5. The minimum atomic E-state index is 0.235. The zero-order chi connectivity index (χ0) is 11.7. The van der Waals surface area contributed by atoms with Crippen molar-refractivity contribution in [3.63, 3.8) is 0 Å². The van der Waals surface area contributed by atoms with Crippen LogP contribution in [0.15, 0.2) is 0 Å². The largest absolute Gasteiger partial charge is 0.381 e. The number of hydrogen-bond donors (Lipinski definition) is 1. The summed E-state index contributed by atoms with van der Waals surface area (Å²) in [5.41, 5.74) is 0. The summed E-state index contributed by atoms with van der Waals surface area (Å²) >= 11 is 0. The van der Waals surface area contributed by atoms with Crippen LogP contribution in [0.5, 0.6) is 0 Å².